The van der Waals surface area contributed by atoms with Gasteiger partial charge in [0.2, 0.25) is 0 Å². The molecule has 3 heterocycles. The molecule has 0 unspecified atom stereocenters. The lowest BCUT2D eigenvalue weighted by Gasteiger charge is -2.11. The van der Waals surface area contributed by atoms with Gasteiger partial charge in [0.1, 0.15) is 11.2 Å². The second-order valence-electron chi connectivity index (χ2n) is 6.02. The molecule has 0 aliphatic heterocycles. The Morgan fingerprint density at radius 3 is 2.83 bits per heavy atom. The van der Waals surface area contributed by atoms with Crippen LogP contribution in [-0.2, 0) is 7.05 Å². The van der Waals surface area contributed by atoms with E-state index in [0.29, 0.717) is 22.8 Å². The summed E-state index contributed by atoms with van der Waals surface area (Å²) in [4.78, 5) is 25.8. The first-order chi connectivity index (χ1) is 11.1. The molecule has 116 valence electrons. The van der Waals surface area contributed by atoms with E-state index in [2.05, 4.69) is 15.3 Å². The van der Waals surface area contributed by atoms with Gasteiger partial charge in [0.25, 0.3) is 5.56 Å². The monoisotopic (exact) mass is 307 g/mol. The van der Waals surface area contributed by atoms with Crippen molar-refractivity contribution in [2.45, 2.75) is 25.8 Å². The third-order valence-electron chi connectivity index (χ3n) is 4.01. The van der Waals surface area contributed by atoms with Crippen LogP contribution in [0, 0.1) is 6.92 Å². The summed E-state index contributed by atoms with van der Waals surface area (Å²) in [5.41, 5.74) is 3.28. The smallest absolute Gasteiger partial charge is 0.264 e. The fraction of sp³-hybridized carbons (Fsp3) is 0.294. The summed E-state index contributed by atoms with van der Waals surface area (Å²) in [5, 5.41) is 3.92. The van der Waals surface area contributed by atoms with Crippen LogP contribution in [0.5, 0.6) is 0 Å². The number of fused-ring (bicyclic) bond motifs is 1. The maximum atomic E-state index is 12.5. The van der Waals surface area contributed by atoms with Gasteiger partial charge in [-0.2, -0.15) is 0 Å². The summed E-state index contributed by atoms with van der Waals surface area (Å²) in [6.07, 6.45) is 5.54. The number of nitrogens with one attached hydrogen (secondary N) is 1. The summed E-state index contributed by atoms with van der Waals surface area (Å²) in [7, 11) is 1.70. The largest absolute Gasteiger partial charge is 0.367 e. The third kappa shape index (κ3) is 2.56. The van der Waals surface area contributed by atoms with Crippen LogP contribution in [0.1, 0.15) is 18.5 Å². The van der Waals surface area contributed by atoms with Crippen molar-refractivity contribution in [3.8, 4) is 11.3 Å². The minimum atomic E-state index is -0.0805. The quantitative estimate of drug-likeness (QED) is 0.803. The fourth-order valence-corrected chi connectivity index (χ4v) is 2.60. The lowest BCUT2D eigenvalue weighted by Crippen LogP contribution is -2.19. The van der Waals surface area contributed by atoms with Crippen LogP contribution in [0.4, 0.5) is 5.82 Å². The number of hydrogen-bond acceptors (Lipinski definition) is 5. The van der Waals surface area contributed by atoms with E-state index < -0.39 is 0 Å². The molecule has 0 amide bonds. The minimum absolute atomic E-state index is 0.0805. The van der Waals surface area contributed by atoms with Crippen LogP contribution < -0.4 is 10.9 Å². The molecular weight excluding hydrogens is 290 g/mol. The fourth-order valence-electron chi connectivity index (χ4n) is 2.60. The molecule has 1 saturated carbocycles. The second-order valence-corrected chi connectivity index (χ2v) is 6.02. The predicted molar refractivity (Wildman–Crippen MR) is 89.4 cm³/mol. The van der Waals surface area contributed by atoms with E-state index in [1.807, 2.05) is 25.1 Å². The molecule has 0 saturated heterocycles. The zero-order chi connectivity index (χ0) is 16.0. The van der Waals surface area contributed by atoms with Gasteiger partial charge in [-0.25, -0.2) is 9.97 Å². The van der Waals surface area contributed by atoms with Gasteiger partial charge in [0, 0.05) is 30.5 Å². The second kappa shape index (κ2) is 5.15. The van der Waals surface area contributed by atoms with Crippen molar-refractivity contribution in [3.05, 3.63) is 46.8 Å². The van der Waals surface area contributed by atoms with E-state index in [1.165, 1.54) is 4.57 Å². The number of aryl methyl sites for hydroxylation is 2. The molecule has 0 spiro atoms. The zero-order valence-electron chi connectivity index (χ0n) is 13.1. The molecule has 1 aliphatic carbocycles. The van der Waals surface area contributed by atoms with Crippen molar-refractivity contribution >= 4 is 16.7 Å². The van der Waals surface area contributed by atoms with E-state index in [9.17, 15) is 4.79 Å². The molecule has 6 nitrogen and oxygen atoms in total. The maximum absolute atomic E-state index is 12.5. The van der Waals surface area contributed by atoms with E-state index in [0.717, 1.165) is 29.8 Å². The van der Waals surface area contributed by atoms with E-state index >= 15 is 0 Å². The highest BCUT2D eigenvalue weighted by atomic mass is 16.1. The first kappa shape index (κ1) is 13.9. The summed E-state index contributed by atoms with van der Waals surface area (Å²) in [5.74, 6) is 0.628. The summed E-state index contributed by atoms with van der Waals surface area (Å²) in [6.45, 7) is 1.95. The number of anilines is 1. The minimum Gasteiger partial charge on any atom is -0.367 e. The summed E-state index contributed by atoms with van der Waals surface area (Å²) >= 11 is 0. The van der Waals surface area contributed by atoms with Gasteiger partial charge in [-0.15, -0.1) is 0 Å². The Morgan fingerprint density at radius 1 is 1.26 bits per heavy atom. The normalized spacial score (nSPS) is 14.2. The Bertz CT molecular complexity index is 959. The molecule has 3 aromatic rings. The molecule has 1 aliphatic rings. The summed E-state index contributed by atoms with van der Waals surface area (Å²) in [6, 6.07) is 6.17. The van der Waals surface area contributed by atoms with Crippen molar-refractivity contribution in [1.29, 1.82) is 0 Å². The topological polar surface area (TPSA) is 72.7 Å². The van der Waals surface area contributed by atoms with E-state index in [-0.39, 0.29) is 5.56 Å². The molecule has 23 heavy (non-hydrogen) atoms. The highest BCUT2D eigenvalue weighted by Crippen LogP contribution is 2.29. The number of aromatic nitrogens is 4. The van der Waals surface area contributed by atoms with Crippen molar-refractivity contribution in [1.82, 2.24) is 19.5 Å². The SMILES string of the molecule is Cc1cc(-c2cc3ncn(C)c(=O)c3c(NC3CC3)n2)ccn1. The highest BCUT2D eigenvalue weighted by molar-refractivity contribution is 5.91. The standard InChI is InChI=1S/C17H17N5O/c1-10-7-11(5-6-18-10)13-8-14-15(17(23)22(2)9-19-14)16(21-13)20-12-3-4-12/h5-9,12H,3-4H2,1-2H3,(H,20,21). The van der Waals surface area contributed by atoms with Gasteiger partial charge in [-0.3, -0.25) is 9.78 Å². The van der Waals surface area contributed by atoms with Crippen molar-refractivity contribution < 1.29 is 0 Å². The van der Waals surface area contributed by atoms with Gasteiger partial charge >= 0.3 is 0 Å². The molecule has 1 N–H and O–H groups in total. The maximum Gasteiger partial charge on any atom is 0.264 e. The lowest BCUT2D eigenvalue weighted by atomic mass is 10.1. The lowest BCUT2D eigenvalue weighted by molar-refractivity contribution is 0.842. The number of hydrogen-bond donors (Lipinski definition) is 1. The molecule has 1 fully saturated rings. The number of rotatable bonds is 3. The van der Waals surface area contributed by atoms with Crippen LogP contribution in [0.25, 0.3) is 22.2 Å². The van der Waals surface area contributed by atoms with Gasteiger partial charge in [-0.1, -0.05) is 0 Å². The van der Waals surface area contributed by atoms with Crippen LogP contribution in [0.3, 0.4) is 0 Å². The molecule has 0 atom stereocenters. The first-order valence-electron chi connectivity index (χ1n) is 7.68. The van der Waals surface area contributed by atoms with Crippen LogP contribution in [0.15, 0.2) is 35.5 Å². The molecule has 6 heteroatoms. The average Bonchev–Trinajstić information content (AvgIpc) is 3.34. The van der Waals surface area contributed by atoms with Crippen LogP contribution >= 0.6 is 0 Å². The Balaban J connectivity index is 1.96. The van der Waals surface area contributed by atoms with E-state index in [4.69, 9.17) is 4.98 Å². The third-order valence-corrected chi connectivity index (χ3v) is 4.01. The number of pyridine rings is 2. The molecule has 0 radical (unpaired) electrons. The van der Waals surface area contributed by atoms with Gasteiger partial charge in [0.05, 0.1) is 17.5 Å². The molecular formula is C17H17N5O. The van der Waals surface area contributed by atoms with Crippen molar-refractivity contribution in [2.24, 2.45) is 7.05 Å². The molecule has 0 aromatic carbocycles. The Kier molecular flexibility index (Phi) is 3.11. The Morgan fingerprint density at radius 2 is 2.09 bits per heavy atom. The van der Waals surface area contributed by atoms with E-state index in [1.54, 1.807) is 19.6 Å². The highest BCUT2D eigenvalue weighted by Gasteiger charge is 2.24. The average molecular weight is 307 g/mol. The molecule has 0 bridgehead atoms. The Labute approximate surface area is 133 Å². The zero-order valence-corrected chi connectivity index (χ0v) is 13.1. The molecule has 3 aromatic heterocycles. The Hall–Kier alpha value is -2.76. The van der Waals surface area contributed by atoms with Gasteiger partial charge < -0.3 is 9.88 Å². The predicted octanol–water partition coefficient (Wildman–Crippen LogP) is 2.27. The van der Waals surface area contributed by atoms with Gasteiger partial charge in [-0.05, 0) is 38.0 Å². The van der Waals surface area contributed by atoms with Crippen LogP contribution in [0.2, 0.25) is 0 Å². The van der Waals surface area contributed by atoms with Crippen molar-refractivity contribution in [3.63, 3.8) is 0 Å². The molecule has 4 rings (SSSR count). The summed E-state index contributed by atoms with van der Waals surface area (Å²) < 4.78 is 1.48. The van der Waals surface area contributed by atoms with Gasteiger partial charge in [0.15, 0.2) is 0 Å². The number of nitrogens with zero attached hydrogens (tertiary/aromatic N) is 4. The van der Waals surface area contributed by atoms with Crippen molar-refractivity contribution in [2.75, 3.05) is 5.32 Å². The van der Waals surface area contributed by atoms with Crippen LogP contribution in [-0.4, -0.2) is 25.6 Å². The first-order valence-corrected chi connectivity index (χ1v) is 7.68.